The summed E-state index contributed by atoms with van der Waals surface area (Å²) in [7, 11) is 0. The number of H-pyrrole nitrogens is 1. The highest BCUT2D eigenvalue weighted by Gasteiger charge is 2.21. The molecule has 2 aromatic carbocycles. The molecule has 4 rings (SSSR count). The van der Waals surface area contributed by atoms with E-state index in [2.05, 4.69) is 34.1 Å². The molecule has 0 saturated heterocycles. The molecule has 1 aliphatic rings. The van der Waals surface area contributed by atoms with E-state index in [0.29, 0.717) is 0 Å². The predicted octanol–water partition coefficient (Wildman–Crippen LogP) is 3.63. The van der Waals surface area contributed by atoms with Gasteiger partial charge in [-0.3, -0.25) is 15.0 Å². The molecular formula is C18H17N3O2. The lowest BCUT2D eigenvalue weighted by Gasteiger charge is -2.26. The highest BCUT2D eigenvalue weighted by molar-refractivity contribution is 5.87. The van der Waals surface area contributed by atoms with Gasteiger partial charge in [0.2, 0.25) is 0 Å². The van der Waals surface area contributed by atoms with Crippen LogP contribution >= 0.6 is 0 Å². The summed E-state index contributed by atoms with van der Waals surface area (Å²) in [5, 5.41) is 12.0. The Balaban J connectivity index is 1.62. The zero-order valence-corrected chi connectivity index (χ0v) is 12.7. The van der Waals surface area contributed by atoms with Gasteiger partial charge in [-0.1, -0.05) is 30.3 Å². The summed E-state index contributed by atoms with van der Waals surface area (Å²) in [6.45, 7) is 2.75. The average molecular weight is 307 g/mol. The summed E-state index contributed by atoms with van der Waals surface area (Å²) in [5.74, 6) is 0. The lowest BCUT2D eigenvalue weighted by atomic mass is 10.0. The first-order chi connectivity index (χ1) is 11.2. The van der Waals surface area contributed by atoms with E-state index >= 15 is 0 Å². The fraction of sp³-hybridized carbons (Fsp3) is 0.222. The van der Waals surface area contributed by atoms with Gasteiger partial charge in [0.15, 0.2) is 0 Å². The molecule has 5 heteroatoms. The van der Waals surface area contributed by atoms with Crippen LogP contribution in [0, 0.1) is 10.1 Å². The van der Waals surface area contributed by atoms with Gasteiger partial charge in [-0.25, -0.2) is 0 Å². The van der Waals surface area contributed by atoms with Crippen molar-refractivity contribution in [1.82, 2.24) is 9.88 Å². The number of fused-ring (bicyclic) bond motifs is 3. The highest BCUT2D eigenvalue weighted by atomic mass is 16.6. The molecule has 3 aromatic rings. The summed E-state index contributed by atoms with van der Waals surface area (Å²) < 4.78 is 0. The largest absolute Gasteiger partial charge is 0.357 e. The quantitative estimate of drug-likeness (QED) is 0.593. The molecule has 116 valence electrons. The van der Waals surface area contributed by atoms with Crippen molar-refractivity contribution in [2.24, 2.45) is 0 Å². The average Bonchev–Trinajstić information content (AvgIpc) is 2.92. The number of nitro benzene ring substituents is 1. The summed E-state index contributed by atoms with van der Waals surface area (Å²) in [6, 6.07) is 15.5. The number of aromatic nitrogens is 1. The van der Waals surface area contributed by atoms with E-state index in [1.165, 1.54) is 16.8 Å². The number of nitrogens with one attached hydrogen (secondary N) is 1. The first-order valence-corrected chi connectivity index (χ1v) is 7.75. The number of nitrogens with zero attached hydrogens (tertiary/aromatic N) is 2. The molecule has 0 atom stereocenters. The topological polar surface area (TPSA) is 62.2 Å². The smallest absolute Gasteiger partial charge is 0.270 e. The number of hydrogen-bond acceptors (Lipinski definition) is 3. The van der Waals surface area contributed by atoms with Crippen molar-refractivity contribution in [3.05, 3.63) is 75.5 Å². The van der Waals surface area contributed by atoms with Gasteiger partial charge in [-0.15, -0.1) is 0 Å². The minimum absolute atomic E-state index is 0.158. The van der Waals surface area contributed by atoms with Crippen LogP contribution in [-0.4, -0.2) is 21.4 Å². The Labute approximate surface area is 133 Å². The zero-order chi connectivity index (χ0) is 15.8. The molecule has 1 aromatic heterocycles. The van der Waals surface area contributed by atoms with Crippen LogP contribution < -0.4 is 0 Å². The van der Waals surface area contributed by atoms with E-state index in [4.69, 9.17) is 0 Å². The zero-order valence-electron chi connectivity index (χ0n) is 12.7. The monoisotopic (exact) mass is 307 g/mol. The number of non-ortho nitro benzene ring substituents is 1. The molecule has 0 unspecified atom stereocenters. The molecule has 0 saturated carbocycles. The fourth-order valence-electron chi connectivity index (χ4n) is 3.37. The maximum Gasteiger partial charge on any atom is 0.270 e. The van der Waals surface area contributed by atoms with Crippen LogP contribution in [0.5, 0.6) is 0 Å². The van der Waals surface area contributed by atoms with Gasteiger partial charge in [0.25, 0.3) is 5.69 Å². The lowest BCUT2D eigenvalue weighted by molar-refractivity contribution is -0.384. The van der Waals surface area contributed by atoms with Crippen molar-refractivity contribution in [2.75, 3.05) is 6.54 Å². The molecule has 0 spiro atoms. The first-order valence-electron chi connectivity index (χ1n) is 7.75. The normalized spacial score (nSPS) is 14.8. The molecule has 23 heavy (non-hydrogen) atoms. The third kappa shape index (κ3) is 2.59. The Morgan fingerprint density at radius 2 is 2.00 bits per heavy atom. The van der Waals surface area contributed by atoms with Crippen molar-refractivity contribution in [1.29, 1.82) is 0 Å². The van der Waals surface area contributed by atoms with Gasteiger partial charge in [0.1, 0.15) is 0 Å². The standard InChI is InChI=1S/C18H17N3O2/c22-21(23)14-6-7-17-16(10-14)15-8-9-20(12-18(15)19-17)11-13-4-2-1-3-5-13/h1-7,10,19H,8-9,11-12H2. The van der Waals surface area contributed by atoms with Crippen molar-refractivity contribution in [3.8, 4) is 0 Å². The number of hydrogen-bond donors (Lipinski definition) is 1. The SMILES string of the molecule is O=[N+]([O-])c1ccc2[nH]c3c(c2c1)CCN(Cc1ccccc1)C3. The van der Waals surface area contributed by atoms with Gasteiger partial charge in [0, 0.05) is 48.4 Å². The molecule has 0 bridgehead atoms. The maximum absolute atomic E-state index is 11.0. The Morgan fingerprint density at radius 3 is 2.78 bits per heavy atom. The van der Waals surface area contributed by atoms with Crippen LogP contribution in [0.2, 0.25) is 0 Å². The van der Waals surface area contributed by atoms with E-state index in [0.717, 1.165) is 37.0 Å². The molecule has 2 heterocycles. The Kier molecular flexibility index (Phi) is 3.35. The number of rotatable bonds is 3. The third-order valence-electron chi connectivity index (χ3n) is 4.50. The first kappa shape index (κ1) is 14.0. The van der Waals surface area contributed by atoms with Crippen LogP contribution in [0.15, 0.2) is 48.5 Å². The van der Waals surface area contributed by atoms with E-state index < -0.39 is 0 Å². The van der Waals surface area contributed by atoms with Gasteiger partial charge in [-0.2, -0.15) is 0 Å². The molecule has 5 nitrogen and oxygen atoms in total. The molecule has 1 aliphatic heterocycles. The predicted molar refractivity (Wildman–Crippen MR) is 89.2 cm³/mol. The summed E-state index contributed by atoms with van der Waals surface area (Å²) in [6.07, 6.45) is 0.920. The summed E-state index contributed by atoms with van der Waals surface area (Å²) in [5.41, 5.74) is 4.87. The van der Waals surface area contributed by atoms with Crippen molar-refractivity contribution in [3.63, 3.8) is 0 Å². The van der Waals surface area contributed by atoms with Crippen molar-refractivity contribution >= 4 is 16.6 Å². The molecule has 0 amide bonds. The van der Waals surface area contributed by atoms with Crippen LogP contribution in [0.1, 0.15) is 16.8 Å². The van der Waals surface area contributed by atoms with E-state index in [-0.39, 0.29) is 10.6 Å². The maximum atomic E-state index is 11.0. The molecule has 0 aliphatic carbocycles. The minimum Gasteiger partial charge on any atom is -0.357 e. The highest BCUT2D eigenvalue weighted by Crippen LogP contribution is 2.30. The van der Waals surface area contributed by atoms with E-state index in [1.54, 1.807) is 12.1 Å². The number of benzene rings is 2. The van der Waals surface area contributed by atoms with Crippen LogP contribution in [0.3, 0.4) is 0 Å². The van der Waals surface area contributed by atoms with Crippen LogP contribution in [-0.2, 0) is 19.5 Å². The molecule has 0 radical (unpaired) electrons. The molecule has 1 N–H and O–H groups in total. The van der Waals surface area contributed by atoms with Gasteiger partial charge >= 0.3 is 0 Å². The van der Waals surface area contributed by atoms with Crippen LogP contribution in [0.25, 0.3) is 10.9 Å². The minimum atomic E-state index is -0.330. The van der Waals surface area contributed by atoms with Gasteiger partial charge < -0.3 is 4.98 Å². The summed E-state index contributed by atoms with van der Waals surface area (Å²) >= 11 is 0. The number of aromatic amines is 1. The molecule has 0 fully saturated rings. The van der Waals surface area contributed by atoms with Crippen LogP contribution in [0.4, 0.5) is 5.69 Å². The second-order valence-corrected chi connectivity index (χ2v) is 6.02. The van der Waals surface area contributed by atoms with Gasteiger partial charge in [-0.05, 0) is 23.6 Å². The Hall–Kier alpha value is -2.66. The second-order valence-electron chi connectivity index (χ2n) is 6.02. The molecular weight excluding hydrogens is 290 g/mol. The number of nitro groups is 1. The summed E-state index contributed by atoms with van der Waals surface area (Å²) in [4.78, 5) is 16.5. The van der Waals surface area contributed by atoms with Crippen molar-refractivity contribution in [2.45, 2.75) is 19.5 Å². The lowest BCUT2D eigenvalue weighted by Crippen LogP contribution is -2.29. The fourth-order valence-corrected chi connectivity index (χ4v) is 3.37. The second kappa shape index (κ2) is 5.52. The van der Waals surface area contributed by atoms with E-state index in [9.17, 15) is 10.1 Å². The van der Waals surface area contributed by atoms with Gasteiger partial charge in [0.05, 0.1) is 4.92 Å². The van der Waals surface area contributed by atoms with E-state index in [1.807, 2.05) is 12.1 Å². The Bertz CT molecular complexity index is 871. The van der Waals surface area contributed by atoms with Crippen molar-refractivity contribution < 1.29 is 4.92 Å². The Morgan fingerprint density at radius 1 is 1.17 bits per heavy atom. The third-order valence-corrected chi connectivity index (χ3v) is 4.50.